The number of anilines is 1. The van der Waals surface area contributed by atoms with Crippen LogP contribution in [0.4, 0.5) is 5.69 Å². The Bertz CT molecular complexity index is 1170. The Labute approximate surface area is 193 Å². The van der Waals surface area contributed by atoms with Gasteiger partial charge in [0, 0.05) is 44.0 Å². The lowest BCUT2D eigenvalue weighted by Crippen LogP contribution is -2.48. The predicted molar refractivity (Wildman–Crippen MR) is 129 cm³/mol. The molecule has 2 aromatic carbocycles. The average Bonchev–Trinajstić information content (AvgIpc) is 3.09. The summed E-state index contributed by atoms with van der Waals surface area (Å²) < 4.78 is 12.6. The number of fused-ring (bicyclic) bond motifs is 1. The Hall–Kier alpha value is -3.10. The van der Waals surface area contributed by atoms with Gasteiger partial charge in [0.1, 0.15) is 5.75 Å². The molecule has 1 atom stereocenters. The molecule has 0 bridgehead atoms. The fraction of sp³-hybridized carbons (Fsp3) is 0.440. The van der Waals surface area contributed by atoms with Crippen molar-refractivity contribution >= 4 is 22.7 Å². The SMILES string of the molecule is CCn1c(=O)oc2cc(NC(=O)CN3CCN(C)C(c4ccc(OC(C)C)cc4)C3)ccc21. The number of hydrogen-bond donors (Lipinski definition) is 1. The van der Waals surface area contributed by atoms with Crippen LogP contribution in [0.1, 0.15) is 32.4 Å². The fourth-order valence-corrected chi connectivity index (χ4v) is 4.32. The first-order valence-corrected chi connectivity index (χ1v) is 11.5. The van der Waals surface area contributed by atoms with Crippen LogP contribution >= 0.6 is 0 Å². The Morgan fingerprint density at radius 1 is 1.18 bits per heavy atom. The van der Waals surface area contributed by atoms with Crippen molar-refractivity contribution in [1.29, 1.82) is 0 Å². The standard InChI is InChI=1S/C25H32N4O4/c1-5-29-21-11-8-19(14-23(21)33-25(29)31)26-24(30)16-28-13-12-27(4)22(15-28)18-6-9-20(10-7-18)32-17(2)3/h6-11,14,17,22H,5,12-13,15-16H2,1-4H3,(H,26,30). The lowest BCUT2D eigenvalue weighted by atomic mass is 10.0. The number of ether oxygens (including phenoxy) is 1. The van der Waals surface area contributed by atoms with Crippen molar-refractivity contribution in [1.82, 2.24) is 14.4 Å². The highest BCUT2D eigenvalue weighted by atomic mass is 16.5. The summed E-state index contributed by atoms with van der Waals surface area (Å²) in [5.41, 5.74) is 3.03. The van der Waals surface area contributed by atoms with Gasteiger partial charge < -0.3 is 14.5 Å². The fourth-order valence-electron chi connectivity index (χ4n) is 4.32. The van der Waals surface area contributed by atoms with E-state index < -0.39 is 0 Å². The van der Waals surface area contributed by atoms with Gasteiger partial charge in [0.2, 0.25) is 5.91 Å². The molecule has 1 fully saturated rings. The first kappa shape index (κ1) is 23.1. The predicted octanol–water partition coefficient (Wildman–Crippen LogP) is 3.33. The third-order valence-electron chi connectivity index (χ3n) is 6.00. The highest BCUT2D eigenvalue weighted by Crippen LogP contribution is 2.26. The van der Waals surface area contributed by atoms with Crippen LogP contribution in [0.5, 0.6) is 5.75 Å². The third kappa shape index (κ3) is 5.29. The van der Waals surface area contributed by atoms with E-state index >= 15 is 0 Å². The average molecular weight is 453 g/mol. The highest BCUT2D eigenvalue weighted by Gasteiger charge is 2.27. The van der Waals surface area contributed by atoms with Gasteiger partial charge in [0.25, 0.3) is 0 Å². The van der Waals surface area contributed by atoms with E-state index in [0.29, 0.717) is 24.4 Å². The van der Waals surface area contributed by atoms with Gasteiger partial charge in [-0.25, -0.2) is 4.79 Å². The molecular formula is C25H32N4O4. The van der Waals surface area contributed by atoms with Crippen molar-refractivity contribution in [3.8, 4) is 5.75 Å². The van der Waals surface area contributed by atoms with Crippen molar-refractivity contribution in [2.75, 3.05) is 38.5 Å². The van der Waals surface area contributed by atoms with E-state index in [1.807, 2.05) is 32.9 Å². The number of aromatic nitrogens is 1. The number of carbonyl (C=O) groups excluding carboxylic acids is 1. The number of carbonyl (C=O) groups is 1. The van der Waals surface area contributed by atoms with Gasteiger partial charge in [-0.2, -0.15) is 0 Å². The summed E-state index contributed by atoms with van der Waals surface area (Å²) in [7, 11) is 2.12. The number of rotatable bonds is 7. The molecule has 0 radical (unpaired) electrons. The number of hydrogen-bond acceptors (Lipinski definition) is 6. The van der Waals surface area contributed by atoms with Gasteiger partial charge in [0.05, 0.1) is 18.2 Å². The summed E-state index contributed by atoms with van der Waals surface area (Å²) in [5, 5.41) is 2.94. The molecule has 1 saturated heterocycles. The second kappa shape index (κ2) is 9.80. The zero-order valence-corrected chi connectivity index (χ0v) is 19.7. The molecular weight excluding hydrogens is 420 g/mol. The molecule has 1 aromatic heterocycles. The van der Waals surface area contributed by atoms with Gasteiger partial charge in [-0.1, -0.05) is 12.1 Å². The minimum atomic E-state index is -0.386. The lowest BCUT2D eigenvalue weighted by molar-refractivity contribution is -0.118. The molecule has 1 unspecified atom stereocenters. The molecule has 1 N–H and O–H groups in total. The maximum absolute atomic E-state index is 12.7. The largest absolute Gasteiger partial charge is 0.491 e. The molecule has 1 aliphatic heterocycles. The molecule has 0 spiro atoms. The zero-order chi connectivity index (χ0) is 23.5. The number of nitrogens with zero attached hydrogens (tertiary/aromatic N) is 3. The number of aryl methyl sites for hydroxylation is 1. The summed E-state index contributed by atoms with van der Waals surface area (Å²) in [6.45, 7) is 9.23. The molecule has 1 amide bonds. The topological polar surface area (TPSA) is 80.0 Å². The first-order chi connectivity index (χ1) is 15.8. The van der Waals surface area contributed by atoms with Crippen molar-refractivity contribution in [2.45, 2.75) is 39.5 Å². The van der Waals surface area contributed by atoms with Crippen LogP contribution in [0.25, 0.3) is 11.1 Å². The van der Waals surface area contributed by atoms with Crippen LogP contribution in [0.15, 0.2) is 51.7 Å². The first-order valence-electron chi connectivity index (χ1n) is 11.5. The van der Waals surface area contributed by atoms with Crippen molar-refractivity contribution in [2.24, 2.45) is 0 Å². The van der Waals surface area contributed by atoms with Crippen molar-refractivity contribution in [3.05, 3.63) is 58.6 Å². The normalized spacial score (nSPS) is 17.5. The highest BCUT2D eigenvalue weighted by molar-refractivity contribution is 5.94. The van der Waals surface area contributed by atoms with Gasteiger partial charge in [-0.3, -0.25) is 19.2 Å². The van der Waals surface area contributed by atoms with Crippen LogP contribution in [-0.2, 0) is 11.3 Å². The molecule has 2 heterocycles. The maximum Gasteiger partial charge on any atom is 0.419 e. The Morgan fingerprint density at radius 2 is 1.94 bits per heavy atom. The molecule has 0 saturated carbocycles. The van der Waals surface area contributed by atoms with Crippen LogP contribution in [0.3, 0.4) is 0 Å². The summed E-state index contributed by atoms with van der Waals surface area (Å²) in [4.78, 5) is 29.1. The maximum atomic E-state index is 12.7. The number of piperazine rings is 1. The smallest absolute Gasteiger partial charge is 0.419 e. The molecule has 33 heavy (non-hydrogen) atoms. The molecule has 4 rings (SSSR count). The number of benzene rings is 2. The van der Waals surface area contributed by atoms with E-state index in [4.69, 9.17) is 9.15 Å². The molecule has 8 heteroatoms. The molecule has 1 aliphatic rings. The minimum absolute atomic E-state index is 0.0874. The van der Waals surface area contributed by atoms with Crippen LogP contribution < -0.4 is 15.8 Å². The van der Waals surface area contributed by atoms with Gasteiger partial charge in [-0.15, -0.1) is 0 Å². The van der Waals surface area contributed by atoms with Gasteiger partial charge >= 0.3 is 5.76 Å². The summed E-state index contributed by atoms with van der Waals surface area (Å²) >= 11 is 0. The number of likely N-dealkylation sites (N-methyl/N-ethyl adjacent to an activating group) is 1. The van der Waals surface area contributed by atoms with E-state index in [1.165, 1.54) is 5.56 Å². The monoisotopic (exact) mass is 452 g/mol. The van der Waals surface area contributed by atoms with E-state index in [9.17, 15) is 9.59 Å². The summed E-state index contributed by atoms with van der Waals surface area (Å²) in [5.74, 6) is 0.393. The lowest BCUT2D eigenvalue weighted by Gasteiger charge is -2.39. The van der Waals surface area contributed by atoms with Crippen molar-refractivity contribution in [3.63, 3.8) is 0 Å². The van der Waals surface area contributed by atoms with E-state index in [-0.39, 0.29) is 23.8 Å². The Balaban J connectivity index is 1.39. The molecule has 8 nitrogen and oxygen atoms in total. The van der Waals surface area contributed by atoms with Crippen LogP contribution in [-0.4, -0.2) is 59.6 Å². The molecule has 0 aliphatic carbocycles. The third-order valence-corrected chi connectivity index (χ3v) is 6.00. The van der Waals surface area contributed by atoms with E-state index in [2.05, 4.69) is 34.3 Å². The van der Waals surface area contributed by atoms with E-state index in [1.54, 1.807) is 22.8 Å². The second-order valence-electron chi connectivity index (χ2n) is 8.81. The number of amides is 1. The Kier molecular flexibility index (Phi) is 6.85. The zero-order valence-electron chi connectivity index (χ0n) is 19.7. The van der Waals surface area contributed by atoms with Crippen LogP contribution in [0.2, 0.25) is 0 Å². The molecule has 3 aromatic rings. The second-order valence-corrected chi connectivity index (χ2v) is 8.81. The molecule has 176 valence electrons. The number of oxazole rings is 1. The minimum Gasteiger partial charge on any atom is -0.491 e. The number of nitrogens with one attached hydrogen (secondary N) is 1. The van der Waals surface area contributed by atoms with Crippen LogP contribution in [0, 0.1) is 0 Å². The van der Waals surface area contributed by atoms with Gasteiger partial charge in [-0.05, 0) is 57.6 Å². The summed E-state index contributed by atoms with van der Waals surface area (Å²) in [6, 6.07) is 13.7. The summed E-state index contributed by atoms with van der Waals surface area (Å²) in [6.07, 6.45) is 0.144. The van der Waals surface area contributed by atoms with Crippen molar-refractivity contribution < 1.29 is 13.9 Å². The quantitative estimate of drug-likeness (QED) is 0.592. The van der Waals surface area contributed by atoms with Gasteiger partial charge in [0.15, 0.2) is 5.58 Å². The van der Waals surface area contributed by atoms with E-state index in [0.717, 1.165) is 30.9 Å². The Morgan fingerprint density at radius 3 is 2.64 bits per heavy atom.